The number of fused-ring (bicyclic) bond motifs is 1. The molecule has 1 saturated carbocycles. The first kappa shape index (κ1) is 15.5. The van der Waals surface area contributed by atoms with E-state index in [0.717, 1.165) is 6.54 Å². The standard InChI is InChI=1S/C20H28N2/c1-13(2)19-11-16(12-21-17-7-5-6-8-17)18-10-9-14(3)15(4)20(18)22-19/h9-11,13,17,21H,5-8,12H2,1-4H3. The van der Waals surface area contributed by atoms with Gasteiger partial charge in [0.15, 0.2) is 0 Å². The topological polar surface area (TPSA) is 24.9 Å². The molecule has 1 aromatic heterocycles. The van der Waals surface area contributed by atoms with Gasteiger partial charge in [-0.2, -0.15) is 0 Å². The Balaban J connectivity index is 2.00. The molecule has 0 bridgehead atoms. The average molecular weight is 296 g/mol. The first-order valence-corrected chi connectivity index (χ1v) is 8.69. The maximum atomic E-state index is 4.95. The molecule has 1 aromatic carbocycles. The molecule has 22 heavy (non-hydrogen) atoms. The van der Waals surface area contributed by atoms with Crippen molar-refractivity contribution in [2.75, 3.05) is 0 Å². The molecule has 0 atom stereocenters. The van der Waals surface area contributed by atoms with Crippen molar-refractivity contribution < 1.29 is 0 Å². The first-order valence-electron chi connectivity index (χ1n) is 8.69. The van der Waals surface area contributed by atoms with Crippen molar-refractivity contribution in [3.8, 4) is 0 Å². The van der Waals surface area contributed by atoms with Crippen LogP contribution in [0.3, 0.4) is 0 Å². The number of rotatable bonds is 4. The molecule has 0 aliphatic heterocycles. The van der Waals surface area contributed by atoms with Crippen molar-refractivity contribution >= 4 is 10.9 Å². The van der Waals surface area contributed by atoms with Gasteiger partial charge in [0.25, 0.3) is 0 Å². The minimum atomic E-state index is 0.467. The summed E-state index contributed by atoms with van der Waals surface area (Å²) in [5, 5.41) is 5.08. The van der Waals surface area contributed by atoms with Crippen LogP contribution in [0.4, 0.5) is 0 Å². The molecule has 118 valence electrons. The van der Waals surface area contributed by atoms with Gasteiger partial charge in [0.05, 0.1) is 5.52 Å². The third kappa shape index (κ3) is 3.03. The Morgan fingerprint density at radius 1 is 1.18 bits per heavy atom. The lowest BCUT2D eigenvalue weighted by atomic mass is 9.98. The van der Waals surface area contributed by atoms with E-state index in [1.54, 1.807) is 0 Å². The fraction of sp³-hybridized carbons (Fsp3) is 0.550. The zero-order chi connectivity index (χ0) is 15.7. The smallest absolute Gasteiger partial charge is 0.0740 e. The highest BCUT2D eigenvalue weighted by Crippen LogP contribution is 2.27. The number of nitrogens with one attached hydrogen (secondary N) is 1. The van der Waals surface area contributed by atoms with Gasteiger partial charge in [-0.25, -0.2) is 0 Å². The van der Waals surface area contributed by atoms with Gasteiger partial charge in [0, 0.05) is 23.7 Å². The van der Waals surface area contributed by atoms with Crippen molar-refractivity contribution in [2.45, 2.75) is 71.9 Å². The van der Waals surface area contributed by atoms with Crippen LogP contribution in [0.15, 0.2) is 18.2 Å². The fourth-order valence-corrected chi connectivity index (χ4v) is 3.45. The van der Waals surface area contributed by atoms with E-state index >= 15 is 0 Å². The Labute approximate surface area is 134 Å². The van der Waals surface area contributed by atoms with E-state index in [9.17, 15) is 0 Å². The Hall–Kier alpha value is -1.41. The summed E-state index contributed by atoms with van der Waals surface area (Å²) < 4.78 is 0. The van der Waals surface area contributed by atoms with Gasteiger partial charge in [0.1, 0.15) is 0 Å². The molecular formula is C20H28N2. The maximum Gasteiger partial charge on any atom is 0.0740 e. The molecule has 3 rings (SSSR count). The van der Waals surface area contributed by atoms with Gasteiger partial charge in [0.2, 0.25) is 0 Å². The van der Waals surface area contributed by atoms with Gasteiger partial charge < -0.3 is 5.32 Å². The van der Waals surface area contributed by atoms with E-state index in [1.165, 1.54) is 59.0 Å². The molecule has 1 aliphatic carbocycles. The number of hydrogen-bond acceptors (Lipinski definition) is 2. The van der Waals surface area contributed by atoms with E-state index < -0.39 is 0 Å². The highest BCUT2D eigenvalue weighted by atomic mass is 14.9. The number of aromatic nitrogens is 1. The zero-order valence-corrected chi connectivity index (χ0v) is 14.4. The molecule has 2 nitrogen and oxygen atoms in total. The maximum absolute atomic E-state index is 4.95. The summed E-state index contributed by atoms with van der Waals surface area (Å²) in [5.74, 6) is 0.467. The quantitative estimate of drug-likeness (QED) is 0.858. The Morgan fingerprint density at radius 3 is 2.59 bits per heavy atom. The lowest BCUT2D eigenvalue weighted by Crippen LogP contribution is -2.25. The highest BCUT2D eigenvalue weighted by Gasteiger charge is 2.16. The van der Waals surface area contributed by atoms with Gasteiger partial charge in [-0.05, 0) is 55.4 Å². The zero-order valence-electron chi connectivity index (χ0n) is 14.4. The van der Waals surface area contributed by atoms with Gasteiger partial charge in [-0.1, -0.05) is 38.8 Å². The predicted molar refractivity (Wildman–Crippen MR) is 94.4 cm³/mol. The van der Waals surface area contributed by atoms with Crippen molar-refractivity contribution in [2.24, 2.45) is 0 Å². The number of hydrogen-bond donors (Lipinski definition) is 1. The summed E-state index contributed by atoms with van der Waals surface area (Å²) in [5.41, 5.74) is 6.46. The first-order chi connectivity index (χ1) is 10.6. The molecule has 2 heteroatoms. The third-order valence-corrected chi connectivity index (χ3v) is 5.14. The number of pyridine rings is 1. The van der Waals surface area contributed by atoms with Crippen LogP contribution in [-0.2, 0) is 6.54 Å². The summed E-state index contributed by atoms with van der Waals surface area (Å²) in [6.45, 7) is 9.80. The molecule has 0 amide bonds. The minimum Gasteiger partial charge on any atom is -0.310 e. The molecule has 1 aliphatic rings. The van der Waals surface area contributed by atoms with Crippen LogP contribution < -0.4 is 5.32 Å². The van der Waals surface area contributed by atoms with Crippen LogP contribution in [0.2, 0.25) is 0 Å². The van der Waals surface area contributed by atoms with Crippen molar-refractivity contribution in [1.82, 2.24) is 10.3 Å². The van der Waals surface area contributed by atoms with Gasteiger partial charge in [-0.3, -0.25) is 4.98 Å². The lowest BCUT2D eigenvalue weighted by molar-refractivity contribution is 0.525. The Kier molecular flexibility index (Phi) is 4.49. The second kappa shape index (κ2) is 6.37. The normalized spacial score (nSPS) is 16.0. The van der Waals surface area contributed by atoms with E-state index in [4.69, 9.17) is 4.98 Å². The van der Waals surface area contributed by atoms with Crippen molar-refractivity contribution in [3.63, 3.8) is 0 Å². The highest BCUT2D eigenvalue weighted by molar-refractivity contribution is 5.86. The second-order valence-corrected chi connectivity index (χ2v) is 7.13. The van der Waals surface area contributed by atoms with Crippen LogP contribution >= 0.6 is 0 Å². The molecule has 0 saturated heterocycles. The minimum absolute atomic E-state index is 0.467. The van der Waals surface area contributed by atoms with Crippen molar-refractivity contribution in [1.29, 1.82) is 0 Å². The third-order valence-electron chi connectivity index (χ3n) is 5.14. The van der Waals surface area contributed by atoms with Gasteiger partial charge in [-0.15, -0.1) is 0 Å². The van der Waals surface area contributed by atoms with E-state index in [0.29, 0.717) is 12.0 Å². The predicted octanol–water partition coefficient (Wildman–Crippen LogP) is 5.01. The average Bonchev–Trinajstić information content (AvgIpc) is 3.01. The number of aryl methyl sites for hydroxylation is 2. The summed E-state index contributed by atoms with van der Waals surface area (Å²) in [7, 11) is 0. The van der Waals surface area contributed by atoms with Crippen LogP contribution in [0.5, 0.6) is 0 Å². The summed E-state index contributed by atoms with van der Waals surface area (Å²) in [6.07, 6.45) is 5.42. The van der Waals surface area contributed by atoms with Gasteiger partial charge >= 0.3 is 0 Å². The molecule has 2 aromatic rings. The van der Waals surface area contributed by atoms with E-state index in [2.05, 4.69) is 51.2 Å². The molecular weight excluding hydrogens is 268 g/mol. The summed E-state index contributed by atoms with van der Waals surface area (Å²) >= 11 is 0. The molecule has 1 fully saturated rings. The molecule has 0 radical (unpaired) electrons. The Bertz CT molecular complexity index is 667. The summed E-state index contributed by atoms with van der Waals surface area (Å²) in [4.78, 5) is 4.95. The fourth-order valence-electron chi connectivity index (χ4n) is 3.45. The lowest BCUT2D eigenvalue weighted by Gasteiger charge is -2.17. The summed E-state index contributed by atoms with van der Waals surface area (Å²) in [6, 6.07) is 7.50. The molecule has 1 N–H and O–H groups in total. The SMILES string of the molecule is Cc1ccc2c(CNC3CCCC3)cc(C(C)C)nc2c1C. The van der Waals surface area contributed by atoms with E-state index in [-0.39, 0.29) is 0 Å². The Morgan fingerprint density at radius 2 is 1.91 bits per heavy atom. The molecule has 0 unspecified atom stereocenters. The molecule has 1 heterocycles. The molecule has 0 spiro atoms. The van der Waals surface area contributed by atoms with Crippen LogP contribution in [-0.4, -0.2) is 11.0 Å². The largest absolute Gasteiger partial charge is 0.310 e. The number of benzene rings is 1. The second-order valence-electron chi connectivity index (χ2n) is 7.13. The van der Waals surface area contributed by atoms with Crippen LogP contribution in [0.1, 0.15) is 67.8 Å². The number of nitrogens with zero attached hydrogens (tertiary/aromatic N) is 1. The van der Waals surface area contributed by atoms with Crippen LogP contribution in [0.25, 0.3) is 10.9 Å². The van der Waals surface area contributed by atoms with Crippen LogP contribution in [0, 0.1) is 13.8 Å². The van der Waals surface area contributed by atoms with Crippen molar-refractivity contribution in [3.05, 3.63) is 40.6 Å². The monoisotopic (exact) mass is 296 g/mol. The van der Waals surface area contributed by atoms with E-state index in [1.807, 2.05) is 0 Å².